The normalized spacial score (nSPS) is 11.9. The number of halogens is 16. The van der Waals surface area contributed by atoms with Crippen LogP contribution in [0.25, 0.3) is 22.3 Å². The maximum Gasteiger partial charge on any atom is 0.432 e. The molecule has 0 aliphatic rings. The molecular formula is C56H50F16O4. The maximum absolute atomic E-state index is 15.0. The van der Waals surface area contributed by atoms with Gasteiger partial charge in [-0.15, -0.1) is 0 Å². The second kappa shape index (κ2) is 26.4. The summed E-state index contributed by atoms with van der Waals surface area (Å²) in [5.41, 5.74) is -5.32. The van der Waals surface area contributed by atoms with Crippen LogP contribution in [0.5, 0.6) is 23.0 Å². The quantitative estimate of drug-likeness (QED) is 0.0279. The van der Waals surface area contributed by atoms with Crippen LogP contribution < -0.4 is 18.9 Å². The zero-order valence-corrected chi connectivity index (χ0v) is 40.7. The van der Waals surface area contributed by atoms with E-state index in [9.17, 15) is 61.5 Å². The highest BCUT2D eigenvalue weighted by Gasteiger charge is 2.43. The van der Waals surface area contributed by atoms with E-state index < -0.39 is 116 Å². The Morgan fingerprint density at radius 2 is 0.632 bits per heavy atom. The number of hydrogen-bond donors (Lipinski definition) is 0. The van der Waals surface area contributed by atoms with E-state index in [1.165, 1.54) is 24.3 Å². The molecule has 6 aromatic carbocycles. The molecular weight excluding hydrogens is 1040 g/mol. The van der Waals surface area contributed by atoms with Crippen molar-refractivity contribution in [2.45, 2.75) is 109 Å². The van der Waals surface area contributed by atoms with E-state index in [0.29, 0.717) is 43.0 Å². The molecule has 0 unspecified atom stereocenters. The predicted molar refractivity (Wildman–Crippen MR) is 250 cm³/mol. The molecule has 0 aromatic heterocycles. The molecule has 410 valence electrons. The van der Waals surface area contributed by atoms with Crippen LogP contribution in [0.2, 0.25) is 0 Å². The molecule has 6 aromatic rings. The number of ether oxygens (including phenoxy) is 4. The first-order valence-electron chi connectivity index (χ1n) is 24.3. The van der Waals surface area contributed by atoms with Gasteiger partial charge in [-0.1, -0.05) is 84.0 Å². The van der Waals surface area contributed by atoms with Crippen molar-refractivity contribution >= 4 is 0 Å². The van der Waals surface area contributed by atoms with Gasteiger partial charge in [-0.25, -0.2) is 52.7 Å². The maximum atomic E-state index is 15.0. The Morgan fingerprint density at radius 3 is 0.947 bits per heavy atom. The van der Waals surface area contributed by atoms with Crippen LogP contribution >= 0.6 is 0 Å². The summed E-state index contributed by atoms with van der Waals surface area (Å²) in [4.78, 5) is 0. The molecule has 20 heteroatoms. The number of rotatable bonds is 28. The van der Waals surface area contributed by atoms with Crippen molar-refractivity contribution in [3.8, 4) is 45.3 Å². The molecule has 0 fully saturated rings. The first kappa shape index (κ1) is 58.7. The Hall–Kier alpha value is -6.60. The molecule has 0 spiro atoms. The van der Waals surface area contributed by atoms with Crippen LogP contribution in [0, 0.1) is 75.7 Å². The lowest BCUT2D eigenvalue weighted by Crippen LogP contribution is -2.25. The Bertz CT molecular complexity index is 2640. The van der Waals surface area contributed by atoms with Crippen molar-refractivity contribution in [2.75, 3.05) is 13.2 Å². The molecule has 0 heterocycles. The second-order valence-electron chi connectivity index (χ2n) is 18.2. The van der Waals surface area contributed by atoms with Gasteiger partial charge in [-0.2, -0.15) is 17.6 Å². The third kappa shape index (κ3) is 15.7. The molecule has 0 aliphatic heterocycles. The fourth-order valence-corrected chi connectivity index (χ4v) is 8.36. The minimum absolute atomic E-state index is 0.0794. The van der Waals surface area contributed by atoms with Crippen molar-refractivity contribution in [3.63, 3.8) is 0 Å². The van der Waals surface area contributed by atoms with Crippen molar-refractivity contribution in [1.29, 1.82) is 0 Å². The van der Waals surface area contributed by atoms with E-state index >= 15 is 8.78 Å². The molecule has 6 rings (SSSR count). The largest absolute Gasteiger partial charge is 0.493 e. The molecule has 4 nitrogen and oxygen atoms in total. The van der Waals surface area contributed by atoms with E-state index in [1.807, 2.05) is 0 Å². The van der Waals surface area contributed by atoms with Crippen molar-refractivity contribution in [1.82, 2.24) is 0 Å². The summed E-state index contributed by atoms with van der Waals surface area (Å²) in [5, 5.41) is 0. The molecule has 0 radical (unpaired) electrons. The molecule has 76 heavy (non-hydrogen) atoms. The standard InChI is InChI=1S/C56H50F16O4/c1-32(14-10-6-2-4-8-12-20-73-35-16-18-39(41(57)26-35)33-22-43(59)51(44(60)23-33)55(69,70)75-37-28-47(63)53(67)48(64)29-37)15-11-7-3-5-9-13-21-74-36-17-19-40(42(58)27-36)34-24-45(61)52(46(62)25-34)56(71,72)76-38-30-49(65)54(68)50(66)31-38/h16-19,22-32H,2-15,20-21H2,1H3. The molecule has 0 atom stereocenters. The van der Waals surface area contributed by atoms with E-state index in [2.05, 4.69) is 16.4 Å². The van der Waals surface area contributed by atoms with Crippen LogP contribution in [0.4, 0.5) is 70.2 Å². The average molecular weight is 1090 g/mol. The Kier molecular flexibility index (Phi) is 20.4. The fourth-order valence-electron chi connectivity index (χ4n) is 8.36. The topological polar surface area (TPSA) is 36.9 Å². The average Bonchev–Trinajstić information content (AvgIpc) is 3.33. The van der Waals surface area contributed by atoms with E-state index in [4.69, 9.17) is 9.47 Å². The fraction of sp³-hybridized carbons (Fsp3) is 0.357. The summed E-state index contributed by atoms with van der Waals surface area (Å²) in [6, 6.07) is 9.13. The van der Waals surface area contributed by atoms with Crippen LogP contribution in [-0.2, 0) is 12.2 Å². The van der Waals surface area contributed by atoms with Gasteiger partial charge in [0.1, 0.15) is 69.0 Å². The van der Waals surface area contributed by atoms with Crippen LogP contribution in [0.15, 0.2) is 84.9 Å². The zero-order valence-electron chi connectivity index (χ0n) is 40.7. The Morgan fingerprint density at radius 1 is 0.342 bits per heavy atom. The lowest BCUT2D eigenvalue weighted by Gasteiger charge is -2.20. The highest BCUT2D eigenvalue weighted by Crippen LogP contribution is 2.41. The van der Waals surface area contributed by atoms with Gasteiger partial charge in [-0.3, -0.25) is 0 Å². The summed E-state index contributed by atoms with van der Waals surface area (Å²) >= 11 is 0. The summed E-state index contributed by atoms with van der Waals surface area (Å²) in [6.45, 7) is 2.79. The summed E-state index contributed by atoms with van der Waals surface area (Å²) in [6.07, 6.45) is 4.11. The van der Waals surface area contributed by atoms with Crippen LogP contribution in [0.1, 0.15) is 108 Å². The van der Waals surface area contributed by atoms with Gasteiger partial charge in [0.15, 0.2) is 34.9 Å². The van der Waals surface area contributed by atoms with Crippen molar-refractivity contribution < 1.29 is 89.2 Å². The Labute approximate surface area is 427 Å². The van der Waals surface area contributed by atoms with Gasteiger partial charge >= 0.3 is 12.2 Å². The molecule has 0 aliphatic carbocycles. The molecule has 0 saturated carbocycles. The molecule has 0 N–H and O–H groups in total. The molecule has 0 saturated heterocycles. The second-order valence-corrected chi connectivity index (χ2v) is 18.2. The number of alkyl halides is 4. The monoisotopic (exact) mass is 1090 g/mol. The first-order valence-corrected chi connectivity index (χ1v) is 24.3. The third-order valence-electron chi connectivity index (χ3n) is 12.3. The van der Waals surface area contributed by atoms with Crippen LogP contribution in [-0.4, -0.2) is 13.2 Å². The van der Waals surface area contributed by atoms with Gasteiger partial charge < -0.3 is 18.9 Å². The summed E-state index contributed by atoms with van der Waals surface area (Å²) < 4.78 is 248. The highest BCUT2D eigenvalue weighted by molar-refractivity contribution is 5.67. The SMILES string of the molecule is CC(CCCCCCCCOc1ccc(-c2cc(F)c(C(F)(F)Oc3cc(F)c(F)c(F)c3)c(F)c2)c(F)c1)CCCCCCCCOc1ccc(-c2cc(F)c(C(F)(F)Oc3cc(F)c(F)c(F)c3)c(F)c2)c(F)c1. The molecule has 0 amide bonds. The smallest absolute Gasteiger partial charge is 0.432 e. The minimum Gasteiger partial charge on any atom is -0.493 e. The van der Waals surface area contributed by atoms with Crippen molar-refractivity contribution in [3.05, 3.63) is 166 Å². The van der Waals surface area contributed by atoms with Gasteiger partial charge in [0.25, 0.3) is 0 Å². The van der Waals surface area contributed by atoms with E-state index in [0.717, 1.165) is 89.2 Å². The third-order valence-corrected chi connectivity index (χ3v) is 12.3. The van der Waals surface area contributed by atoms with Gasteiger partial charge in [0.05, 0.1) is 13.2 Å². The van der Waals surface area contributed by atoms with Gasteiger partial charge in [0, 0.05) is 47.5 Å². The zero-order chi connectivity index (χ0) is 55.3. The van der Waals surface area contributed by atoms with E-state index in [1.54, 1.807) is 0 Å². The van der Waals surface area contributed by atoms with Crippen LogP contribution in [0.3, 0.4) is 0 Å². The first-order chi connectivity index (χ1) is 36.0. The summed E-state index contributed by atoms with van der Waals surface area (Å²) in [7, 11) is 0. The minimum atomic E-state index is -4.79. The number of hydrogen-bond acceptors (Lipinski definition) is 4. The number of unbranched alkanes of at least 4 members (excludes halogenated alkanes) is 10. The van der Waals surface area contributed by atoms with Crippen molar-refractivity contribution in [2.24, 2.45) is 5.92 Å². The number of benzene rings is 6. The lowest BCUT2D eigenvalue weighted by atomic mass is 9.96. The molecule has 0 bridgehead atoms. The van der Waals surface area contributed by atoms with Gasteiger partial charge in [-0.05, 0) is 78.4 Å². The highest BCUT2D eigenvalue weighted by atomic mass is 19.3. The van der Waals surface area contributed by atoms with E-state index in [-0.39, 0.29) is 60.1 Å². The summed E-state index contributed by atoms with van der Waals surface area (Å²) in [5.74, 6) is -22.2. The predicted octanol–water partition coefficient (Wildman–Crippen LogP) is 18.5. The Balaban J connectivity index is 0.789. The lowest BCUT2D eigenvalue weighted by molar-refractivity contribution is -0.190. The van der Waals surface area contributed by atoms with Gasteiger partial charge in [0.2, 0.25) is 0 Å².